The van der Waals surface area contributed by atoms with Gasteiger partial charge < -0.3 is 4.74 Å². The second-order valence-electron chi connectivity index (χ2n) is 5.15. The fourth-order valence-electron chi connectivity index (χ4n) is 2.34. The molecule has 2 aromatic rings. The average molecular weight is 287 g/mol. The molecule has 5 heteroatoms. The highest BCUT2D eigenvalue weighted by Gasteiger charge is 2.15. The monoisotopic (exact) mass is 287 g/mol. The van der Waals surface area contributed by atoms with Gasteiger partial charge in [0.2, 0.25) is 0 Å². The van der Waals surface area contributed by atoms with E-state index in [0.29, 0.717) is 6.54 Å². The predicted molar refractivity (Wildman–Crippen MR) is 81.4 cm³/mol. The molecule has 0 amide bonds. The maximum Gasteiger partial charge on any atom is 0.319 e. The zero-order valence-electron chi connectivity index (χ0n) is 13.0. The van der Waals surface area contributed by atoms with Crippen LogP contribution in [0, 0.1) is 13.8 Å². The summed E-state index contributed by atoms with van der Waals surface area (Å²) in [7, 11) is 3.30. The number of carbonyl (C=O) groups excluding carboxylic acids is 1. The molecular weight excluding hydrogens is 266 g/mol. The molecule has 0 radical (unpaired) electrons. The van der Waals surface area contributed by atoms with Crippen LogP contribution in [0.1, 0.15) is 17.0 Å². The number of ether oxygens (including phenoxy) is 1. The maximum absolute atomic E-state index is 11.3. The van der Waals surface area contributed by atoms with Gasteiger partial charge >= 0.3 is 5.97 Å². The fourth-order valence-corrected chi connectivity index (χ4v) is 2.34. The molecule has 21 heavy (non-hydrogen) atoms. The van der Waals surface area contributed by atoms with Crippen molar-refractivity contribution in [1.29, 1.82) is 0 Å². The normalized spacial score (nSPS) is 10.9. The third-order valence-electron chi connectivity index (χ3n) is 3.50. The lowest BCUT2D eigenvalue weighted by Gasteiger charge is -2.15. The van der Waals surface area contributed by atoms with Gasteiger partial charge in [0.25, 0.3) is 0 Å². The summed E-state index contributed by atoms with van der Waals surface area (Å²) < 4.78 is 6.63. The number of nitrogens with zero attached hydrogens (tertiary/aromatic N) is 3. The van der Waals surface area contributed by atoms with Crippen molar-refractivity contribution in [2.24, 2.45) is 0 Å². The lowest BCUT2D eigenvalue weighted by molar-refractivity contribution is -0.141. The molecule has 1 heterocycles. The van der Waals surface area contributed by atoms with Gasteiger partial charge in [-0.25, -0.2) is 4.68 Å². The van der Waals surface area contributed by atoms with Gasteiger partial charge in [-0.05, 0) is 33.0 Å². The molecule has 5 nitrogen and oxygen atoms in total. The van der Waals surface area contributed by atoms with Crippen molar-refractivity contribution in [3.63, 3.8) is 0 Å². The lowest BCUT2D eigenvalue weighted by Crippen LogP contribution is -2.26. The number of methoxy groups -OCH3 is 1. The van der Waals surface area contributed by atoms with Crippen LogP contribution in [0.3, 0.4) is 0 Å². The van der Waals surface area contributed by atoms with Gasteiger partial charge in [-0.15, -0.1) is 0 Å². The Kier molecular flexibility index (Phi) is 4.75. The van der Waals surface area contributed by atoms with E-state index in [1.54, 1.807) is 0 Å². The van der Waals surface area contributed by atoms with E-state index in [0.717, 1.165) is 22.6 Å². The number of carbonyl (C=O) groups is 1. The Balaban J connectivity index is 2.22. The molecule has 0 atom stereocenters. The number of benzene rings is 1. The maximum atomic E-state index is 11.3. The Morgan fingerprint density at radius 1 is 1.29 bits per heavy atom. The summed E-state index contributed by atoms with van der Waals surface area (Å²) >= 11 is 0. The van der Waals surface area contributed by atoms with Crippen LogP contribution in [0.15, 0.2) is 30.3 Å². The van der Waals surface area contributed by atoms with Gasteiger partial charge in [-0.1, -0.05) is 18.2 Å². The molecule has 1 aromatic carbocycles. The van der Waals surface area contributed by atoms with E-state index in [2.05, 4.69) is 5.10 Å². The van der Waals surface area contributed by atoms with E-state index >= 15 is 0 Å². The first kappa shape index (κ1) is 15.3. The van der Waals surface area contributed by atoms with Gasteiger partial charge in [0.1, 0.15) is 0 Å². The summed E-state index contributed by atoms with van der Waals surface area (Å²) in [5.41, 5.74) is 4.26. The van der Waals surface area contributed by atoms with Crippen LogP contribution in [0.25, 0.3) is 5.69 Å². The standard InChI is InChI=1S/C16H21N3O2/c1-12-15(10-18(3)11-16(20)21-4)13(2)19(17-12)14-8-6-5-7-9-14/h5-9H,10-11H2,1-4H3. The van der Waals surface area contributed by atoms with Crippen LogP contribution in [0.4, 0.5) is 0 Å². The first-order valence-corrected chi connectivity index (χ1v) is 6.88. The molecule has 0 aliphatic rings. The summed E-state index contributed by atoms with van der Waals surface area (Å²) in [5, 5.41) is 4.61. The molecular formula is C16H21N3O2. The van der Waals surface area contributed by atoms with E-state index in [4.69, 9.17) is 4.74 Å². The second-order valence-corrected chi connectivity index (χ2v) is 5.15. The molecule has 1 aromatic heterocycles. The molecule has 0 bridgehead atoms. The Morgan fingerprint density at radius 3 is 2.57 bits per heavy atom. The van der Waals surface area contributed by atoms with E-state index in [-0.39, 0.29) is 12.5 Å². The minimum Gasteiger partial charge on any atom is -0.468 e. The highest BCUT2D eigenvalue weighted by molar-refractivity contribution is 5.71. The smallest absolute Gasteiger partial charge is 0.319 e. The van der Waals surface area contributed by atoms with Crippen molar-refractivity contribution in [3.05, 3.63) is 47.3 Å². The molecule has 0 N–H and O–H groups in total. The van der Waals surface area contributed by atoms with Gasteiger partial charge in [-0.3, -0.25) is 9.69 Å². The molecule has 0 saturated carbocycles. The van der Waals surface area contributed by atoms with Crippen LogP contribution < -0.4 is 0 Å². The molecule has 0 fully saturated rings. The van der Waals surface area contributed by atoms with Crippen LogP contribution in [-0.4, -0.2) is 41.4 Å². The number of hydrogen-bond acceptors (Lipinski definition) is 4. The number of aryl methyl sites for hydroxylation is 1. The molecule has 0 unspecified atom stereocenters. The fraction of sp³-hybridized carbons (Fsp3) is 0.375. The number of aromatic nitrogens is 2. The Hall–Kier alpha value is -2.14. The summed E-state index contributed by atoms with van der Waals surface area (Å²) in [6, 6.07) is 10.0. The minimum absolute atomic E-state index is 0.233. The molecule has 0 saturated heterocycles. The van der Waals surface area contributed by atoms with Crippen LogP contribution >= 0.6 is 0 Å². The quantitative estimate of drug-likeness (QED) is 0.790. The summed E-state index contributed by atoms with van der Waals surface area (Å²) in [6.07, 6.45) is 0. The zero-order chi connectivity index (χ0) is 15.4. The summed E-state index contributed by atoms with van der Waals surface area (Å²) in [4.78, 5) is 13.3. The Labute approximate surface area is 125 Å². The third kappa shape index (κ3) is 3.49. The molecule has 2 rings (SSSR count). The van der Waals surface area contributed by atoms with Crippen molar-refractivity contribution in [3.8, 4) is 5.69 Å². The van der Waals surface area contributed by atoms with Crippen LogP contribution in [0.5, 0.6) is 0 Å². The zero-order valence-corrected chi connectivity index (χ0v) is 13.0. The van der Waals surface area contributed by atoms with Gasteiger partial charge in [0, 0.05) is 17.8 Å². The molecule has 112 valence electrons. The van der Waals surface area contributed by atoms with Crippen molar-refractivity contribution < 1.29 is 9.53 Å². The molecule has 0 spiro atoms. The third-order valence-corrected chi connectivity index (χ3v) is 3.50. The van der Waals surface area contributed by atoms with E-state index in [9.17, 15) is 4.79 Å². The van der Waals surface area contributed by atoms with Crippen LogP contribution in [0.2, 0.25) is 0 Å². The average Bonchev–Trinajstić information content (AvgIpc) is 2.76. The van der Waals surface area contributed by atoms with Gasteiger partial charge in [0.05, 0.1) is 25.0 Å². The minimum atomic E-state index is -0.233. The topological polar surface area (TPSA) is 47.4 Å². The Bertz CT molecular complexity index is 620. The summed E-state index contributed by atoms with van der Waals surface area (Å²) in [5.74, 6) is -0.233. The van der Waals surface area contributed by atoms with Crippen molar-refractivity contribution in [2.75, 3.05) is 20.7 Å². The van der Waals surface area contributed by atoms with Crippen molar-refractivity contribution in [2.45, 2.75) is 20.4 Å². The first-order chi connectivity index (χ1) is 10.0. The SMILES string of the molecule is COC(=O)CN(C)Cc1c(C)nn(-c2ccccc2)c1C. The summed E-state index contributed by atoms with van der Waals surface area (Å²) in [6.45, 7) is 4.98. The number of para-hydroxylation sites is 1. The largest absolute Gasteiger partial charge is 0.468 e. The predicted octanol–water partition coefficient (Wildman–Crippen LogP) is 2.09. The van der Waals surface area contributed by atoms with E-state index in [1.165, 1.54) is 7.11 Å². The highest BCUT2D eigenvalue weighted by atomic mass is 16.5. The van der Waals surface area contributed by atoms with E-state index in [1.807, 2.05) is 60.8 Å². The van der Waals surface area contributed by atoms with Crippen molar-refractivity contribution in [1.82, 2.24) is 14.7 Å². The first-order valence-electron chi connectivity index (χ1n) is 6.88. The van der Waals surface area contributed by atoms with Gasteiger partial charge in [-0.2, -0.15) is 5.10 Å². The van der Waals surface area contributed by atoms with Crippen molar-refractivity contribution >= 4 is 5.97 Å². The van der Waals surface area contributed by atoms with Gasteiger partial charge in [0.15, 0.2) is 0 Å². The lowest BCUT2D eigenvalue weighted by atomic mass is 10.2. The van der Waals surface area contributed by atoms with Crippen LogP contribution in [-0.2, 0) is 16.1 Å². The Morgan fingerprint density at radius 2 is 1.95 bits per heavy atom. The number of hydrogen-bond donors (Lipinski definition) is 0. The number of rotatable bonds is 5. The second kappa shape index (κ2) is 6.54. The highest BCUT2D eigenvalue weighted by Crippen LogP contribution is 2.19. The number of esters is 1. The molecule has 0 aliphatic heterocycles. The van der Waals surface area contributed by atoms with E-state index < -0.39 is 0 Å². The molecule has 0 aliphatic carbocycles. The number of likely N-dealkylation sites (N-methyl/N-ethyl adjacent to an activating group) is 1.